The summed E-state index contributed by atoms with van der Waals surface area (Å²) in [6, 6.07) is 7.22. The van der Waals surface area contributed by atoms with Crippen molar-refractivity contribution >= 4 is 21.9 Å². The molecule has 2 atom stereocenters. The molecule has 0 saturated heterocycles. The Morgan fingerprint density at radius 1 is 1.44 bits per heavy atom. The van der Waals surface area contributed by atoms with Gasteiger partial charge >= 0.3 is 5.97 Å². The van der Waals surface area contributed by atoms with Gasteiger partial charge in [-0.2, -0.15) is 0 Å². The third kappa shape index (κ3) is 2.62. The van der Waals surface area contributed by atoms with Gasteiger partial charge < -0.3 is 9.84 Å². The van der Waals surface area contributed by atoms with Gasteiger partial charge in [0.2, 0.25) is 0 Å². The van der Waals surface area contributed by atoms with E-state index in [1.165, 1.54) is 7.11 Å². The molecule has 0 unspecified atom stereocenters. The van der Waals surface area contributed by atoms with Crippen molar-refractivity contribution in [3.8, 4) is 0 Å². The highest BCUT2D eigenvalue weighted by Crippen LogP contribution is 2.30. The maximum absolute atomic E-state index is 11.4. The molecule has 0 spiro atoms. The lowest BCUT2D eigenvalue weighted by molar-refractivity contribution is -0.154. The highest BCUT2D eigenvalue weighted by atomic mass is 79.9. The van der Waals surface area contributed by atoms with Gasteiger partial charge in [-0.1, -0.05) is 28.1 Å². The standard InChI is InChI=1S/C12H15BrO3/c1-8(11(14)16-3)12(2,15)9-4-6-10(13)7-5-9/h4-8,15H,1-3H3/t8-,12-/m0/s1. The summed E-state index contributed by atoms with van der Waals surface area (Å²) in [5.41, 5.74) is -0.540. The quantitative estimate of drug-likeness (QED) is 0.869. The summed E-state index contributed by atoms with van der Waals surface area (Å²) in [6.45, 7) is 3.26. The van der Waals surface area contributed by atoms with Crippen molar-refractivity contribution in [2.24, 2.45) is 5.92 Å². The predicted molar refractivity (Wildman–Crippen MR) is 64.9 cm³/mol. The van der Waals surface area contributed by atoms with Gasteiger partial charge in [-0.15, -0.1) is 0 Å². The van der Waals surface area contributed by atoms with E-state index in [1.54, 1.807) is 26.0 Å². The van der Waals surface area contributed by atoms with E-state index in [1.807, 2.05) is 12.1 Å². The minimum Gasteiger partial charge on any atom is -0.469 e. The maximum atomic E-state index is 11.4. The lowest BCUT2D eigenvalue weighted by Crippen LogP contribution is -2.35. The fourth-order valence-electron chi connectivity index (χ4n) is 1.44. The van der Waals surface area contributed by atoms with Crippen molar-refractivity contribution in [1.29, 1.82) is 0 Å². The minimum absolute atomic E-state index is 0.423. The summed E-state index contributed by atoms with van der Waals surface area (Å²) in [6.07, 6.45) is 0. The van der Waals surface area contributed by atoms with Gasteiger partial charge in [0.25, 0.3) is 0 Å². The highest BCUT2D eigenvalue weighted by molar-refractivity contribution is 9.10. The molecule has 0 amide bonds. The fraction of sp³-hybridized carbons (Fsp3) is 0.417. The molecule has 0 bridgehead atoms. The molecule has 1 rings (SSSR count). The Morgan fingerprint density at radius 2 is 1.94 bits per heavy atom. The van der Waals surface area contributed by atoms with Crippen molar-refractivity contribution in [3.05, 3.63) is 34.3 Å². The molecule has 0 aliphatic carbocycles. The number of carbonyl (C=O) groups is 1. The van der Waals surface area contributed by atoms with Crippen LogP contribution in [0.25, 0.3) is 0 Å². The molecule has 4 heteroatoms. The first-order valence-electron chi connectivity index (χ1n) is 4.96. The van der Waals surface area contributed by atoms with E-state index in [-0.39, 0.29) is 0 Å². The van der Waals surface area contributed by atoms with Crippen LogP contribution in [0.2, 0.25) is 0 Å². The number of esters is 1. The lowest BCUT2D eigenvalue weighted by atomic mass is 9.84. The van der Waals surface area contributed by atoms with Crippen molar-refractivity contribution in [1.82, 2.24) is 0 Å². The van der Waals surface area contributed by atoms with Crippen molar-refractivity contribution in [3.63, 3.8) is 0 Å². The Labute approximate surface area is 104 Å². The van der Waals surface area contributed by atoms with Gasteiger partial charge in [0, 0.05) is 4.47 Å². The molecule has 1 aromatic rings. The molecule has 0 aliphatic rings. The van der Waals surface area contributed by atoms with Crippen LogP contribution in [0, 0.1) is 5.92 Å². The van der Waals surface area contributed by atoms with Crippen LogP contribution < -0.4 is 0 Å². The van der Waals surface area contributed by atoms with Crippen LogP contribution in [0.5, 0.6) is 0 Å². The van der Waals surface area contributed by atoms with Gasteiger partial charge in [0.1, 0.15) is 0 Å². The first-order valence-corrected chi connectivity index (χ1v) is 5.75. The molecule has 0 aliphatic heterocycles. The summed E-state index contributed by atoms with van der Waals surface area (Å²) in [5.74, 6) is -1.04. The second-order valence-electron chi connectivity index (χ2n) is 3.90. The van der Waals surface area contributed by atoms with Crippen molar-refractivity contribution in [2.75, 3.05) is 7.11 Å². The smallest absolute Gasteiger partial charge is 0.311 e. The number of carbonyl (C=O) groups excluding carboxylic acids is 1. The Bertz CT molecular complexity index is 370. The summed E-state index contributed by atoms with van der Waals surface area (Å²) in [5, 5.41) is 10.3. The Hall–Kier alpha value is -0.870. The van der Waals surface area contributed by atoms with Crippen molar-refractivity contribution < 1.29 is 14.6 Å². The van der Waals surface area contributed by atoms with Gasteiger partial charge in [-0.3, -0.25) is 4.79 Å². The first kappa shape index (κ1) is 13.2. The zero-order valence-electron chi connectivity index (χ0n) is 9.53. The van der Waals surface area contributed by atoms with Gasteiger partial charge in [-0.05, 0) is 31.5 Å². The van der Waals surface area contributed by atoms with E-state index in [9.17, 15) is 9.90 Å². The summed E-state index contributed by atoms with van der Waals surface area (Å²) in [7, 11) is 1.32. The average molecular weight is 287 g/mol. The zero-order valence-corrected chi connectivity index (χ0v) is 11.1. The van der Waals surface area contributed by atoms with Crippen LogP contribution in [-0.2, 0) is 15.1 Å². The molecule has 0 fully saturated rings. The molecule has 1 N–H and O–H groups in total. The highest BCUT2D eigenvalue weighted by Gasteiger charge is 2.36. The second kappa shape index (κ2) is 4.97. The Morgan fingerprint density at radius 3 is 2.38 bits per heavy atom. The van der Waals surface area contributed by atoms with Crippen LogP contribution >= 0.6 is 15.9 Å². The molecular formula is C12H15BrO3. The second-order valence-corrected chi connectivity index (χ2v) is 4.81. The van der Waals surface area contributed by atoms with E-state index in [0.29, 0.717) is 5.56 Å². The lowest BCUT2D eigenvalue weighted by Gasteiger charge is -2.28. The Kier molecular flexibility index (Phi) is 4.10. The maximum Gasteiger partial charge on any atom is 0.311 e. The van der Waals surface area contributed by atoms with Crippen LogP contribution in [0.15, 0.2) is 28.7 Å². The van der Waals surface area contributed by atoms with Crippen LogP contribution in [-0.4, -0.2) is 18.2 Å². The van der Waals surface area contributed by atoms with E-state index in [0.717, 1.165) is 4.47 Å². The topological polar surface area (TPSA) is 46.5 Å². The first-order chi connectivity index (χ1) is 7.39. The number of halogens is 1. The van der Waals surface area contributed by atoms with E-state index in [4.69, 9.17) is 0 Å². The predicted octanol–water partition coefficient (Wildman–Crippen LogP) is 2.47. The van der Waals surface area contributed by atoms with Gasteiger partial charge in [-0.25, -0.2) is 0 Å². The number of rotatable bonds is 3. The third-order valence-electron chi connectivity index (χ3n) is 2.83. The molecule has 0 saturated carbocycles. The van der Waals surface area contributed by atoms with Crippen LogP contribution in [0.3, 0.4) is 0 Å². The van der Waals surface area contributed by atoms with Crippen LogP contribution in [0.4, 0.5) is 0 Å². The van der Waals surface area contributed by atoms with E-state index >= 15 is 0 Å². The molecule has 0 heterocycles. The normalized spacial score (nSPS) is 16.3. The summed E-state index contributed by atoms with van der Waals surface area (Å²) >= 11 is 3.32. The number of hydrogen-bond acceptors (Lipinski definition) is 3. The zero-order chi connectivity index (χ0) is 12.3. The summed E-state index contributed by atoms with van der Waals surface area (Å²) < 4.78 is 5.56. The van der Waals surface area contributed by atoms with Crippen LogP contribution in [0.1, 0.15) is 19.4 Å². The van der Waals surface area contributed by atoms with Crippen molar-refractivity contribution in [2.45, 2.75) is 19.4 Å². The number of methoxy groups -OCH3 is 1. The molecule has 16 heavy (non-hydrogen) atoms. The minimum atomic E-state index is -1.23. The monoisotopic (exact) mass is 286 g/mol. The number of aliphatic hydroxyl groups is 1. The number of ether oxygens (including phenoxy) is 1. The number of hydrogen-bond donors (Lipinski definition) is 1. The largest absolute Gasteiger partial charge is 0.469 e. The molecule has 0 radical (unpaired) electrons. The third-order valence-corrected chi connectivity index (χ3v) is 3.36. The molecule has 1 aromatic carbocycles. The van der Waals surface area contributed by atoms with Gasteiger partial charge in [0.15, 0.2) is 0 Å². The molecular weight excluding hydrogens is 272 g/mol. The van der Waals surface area contributed by atoms with E-state index in [2.05, 4.69) is 20.7 Å². The summed E-state index contributed by atoms with van der Waals surface area (Å²) in [4.78, 5) is 11.4. The van der Waals surface area contributed by atoms with E-state index < -0.39 is 17.5 Å². The molecule has 88 valence electrons. The Balaban J connectivity index is 3.01. The number of benzene rings is 1. The molecule has 0 aromatic heterocycles. The fourth-order valence-corrected chi connectivity index (χ4v) is 1.71. The van der Waals surface area contributed by atoms with Gasteiger partial charge in [0.05, 0.1) is 18.6 Å². The average Bonchev–Trinajstić information content (AvgIpc) is 2.27. The molecule has 3 nitrogen and oxygen atoms in total. The SMILES string of the molecule is COC(=O)[C@H](C)[C@](C)(O)c1ccc(Br)cc1.